The molecule has 1 aliphatic carbocycles. The molecule has 186 valence electrons. The zero-order chi connectivity index (χ0) is 24.8. The lowest BCUT2D eigenvalue weighted by Gasteiger charge is -2.28. The highest BCUT2D eigenvalue weighted by Gasteiger charge is 2.45. The molecule has 0 bridgehead atoms. The first-order valence-corrected chi connectivity index (χ1v) is 14.2. The number of aromatic nitrogens is 2. The second-order valence-corrected chi connectivity index (χ2v) is 12.6. The van der Waals surface area contributed by atoms with E-state index in [0.29, 0.717) is 11.1 Å². The minimum absolute atomic E-state index is 0.0525. The SMILES string of the molecule is N#Cc1c(Cl)nc2c(ccn2[C@@H]2O[C@H](COP(=O)(O)CP(=O)(O)O)[C@@H](O)[C@H]2O)c1NC1CCC1. The summed E-state index contributed by atoms with van der Waals surface area (Å²) in [6, 6.07) is 3.90. The molecule has 34 heavy (non-hydrogen) atoms. The Labute approximate surface area is 198 Å². The van der Waals surface area contributed by atoms with Crippen molar-refractivity contribution in [2.75, 3.05) is 17.8 Å². The quantitative estimate of drug-likeness (QED) is 0.209. The minimum Gasteiger partial charge on any atom is -0.387 e. The number of hydrogen-bond donors (Lipinski definition) is 6. The van der Waals surface area contributed by atoms with E-state index in [2.05, 4.69) is 10.3 Å². The van der Waals surface area contributed by atoms with Crippen molar-refractivity contribution in [2.24, 2.45) is 0 Å². The molecule has 16 heteroatoms. The Bertz CT molecular complexity index is 1220. The van der Waals surface area contributed by atoms with Crippen molar-refractivity contribution in [3.63, 3.8) is 0 Å². The van der Waals surface area contributed by atoms with Crippen molar-refractivity contribution in [3.8, 4) is 6.07 Å². The van der Waals surface area contributed by atoms with Gasteiger partial charge in [-0.2, -0.15) is 5.26 Å². The largest absolute Gasteiger partial charge is 0.387 e. The number of nitriles is 1. The third kappa shape index (κ3) is 5.17. The molecule has 5 atom stereocenters. The standard InChI is InChI=1S/C18H23ClN4O9P2/c19-16-11(6-20)13(21-9-2-1-3-9)10-4-5-23(17(10)22-16)18-15(25)14(24)12(32-18)7-31-34(29,30)8-33(26,27)28/h4-5,9,12,14-15,18,24-25H,1-3,7-8H2,(H,21,22)(H,29,30)(H2,26,27,28)/t12-,14-,15-,18-/m1/s1. The van der Waals surface area contributed by atoms with Crippen LogP contribution in [0, 0.1) is 11.3 Å². The summed E-state index contributed by atoms with van der Waals surface area (Å²) in [7, 11) is -9.50. The van der Waals surface area contributed by atoms with Crippen LogP contribution >= 0.6 is 26.8 Å². The van der Waals surface area contributed by atoms with Crippen LogP contribution in [0.1, 0.15) is 31.1 Å². The molecular formula is C18H23ClN4O9P2. The third-order valence-corrected chi connectivity index (χ3v) is 9.53. The van der Waals surface area contributed by atoms with Crippen molar-refractivity contribution < 1.29 is 43.3 Å². The van der Waals surface area contributed by atoms with Crippen LogP contribution in [0.3, 0.4) is 0 Å². The second kappa shape index (κ2) is 9.48. The Balaban J connectivity index is 1.59. The molecule has 2 aliphatic rings. The normalized spacial score (nSPS) is 27.3. The molecule has 1 unspecified atom stereocenters. The molecule has 0 spiro atoms. The molecule has 6 N–H and O–H groups in total. The Morgan fingerprint density at radius 1 is 1.29 bits per heavy atom. The van der Waals surface area contributed by atoms with Gasteiger partial charge in [0.2, 0.25) is 0 Å². The van der Waals surface area contributed by atoms with Gasteiger partial charge in [0.1, 0.15) is 35.6 Å². The lowest BCUT2D eigenvalue weighted by molar-refractivity contribution is -0.0481. The van der Waals surface area contributed by atoms with Crippen LogP contribution in [-0.4, -0.2) is 71.3 Å². The van der Waals surface area contributed by atoms with Gasteiger partial charge in [-0.1, -0.05) is 11.6 Å². The molecule has 0 radical (unpaired) electrons. The maximum Gasteiger partial charge on any atom is 0.340 e. The van der Waals surface area contributed by atoms with Gasteiger partial charge in [-0.3, -0.25) is 9.13 Å². The van der Waals surface area contributed by atoms with Gasteiger partial charge in [-0.25, -0.2) is 4.98 Å². The lowest BCUT2D eigenvalue weighted by atomic mass is 9.92. The predicted octanol–water partition coefficient (Wildman–Crippen LogP) is 1.48. The number of rotatable bonds is 8. The van der Waals surface area contributed by atoms with Crippen LogP contribution in [0.25, 0.3) is 11.0 Å². The van der Waals surface area contributed by atoms with Crippen LogP contribution < -0.4 is 5.32 Å². The number of pyridine rings is 1. The smallest absolute Gasteiger partial charge is 0.340 e. The summed E-state index contributed by atoms with van der Waals surface area (Å²) in [6.07, 6.45) is -1.01. The molecule has 2 fully saturated rings. The molecule has 13 nitrogen and oxygen atoms in total. The summed E-state index contributed by atoms with van der Waals surface area (Å²) in [6.45, 7) is -0.705. The number of halogens is 1. The van der Waals surface area contributed by atoms with Crippen LogP contribution in [-0.2, 0) is 18.4 Å². The van der Waals surface area contributed by atoms with E-state index in [9.17, 15) is 29.5 Å². The zero-order valence-electron chi connectivity index (χ0n) is 17.6. The number of aliphatic hydroxyl groups is 2. The third-order valence-electron chi connectivity index (χ3n) is 5.80. The fourth-order valence-electron chi connectivity index (χ4n) is 3.91. The number of nitrogens with one attached hydrogen (secondary N) is 1. The second-order valence-electron chi connectivity index (χ2n) is 8.28. The Morgan fingerprint density at radius 3 is 2.59 bits per heavy atom. The Hall–Kier alpha value is -1.55. The molecule has 1 saturated heterocycles. The van der Waals surface area contributed by atoms with Gasteiger partial charge in [-0.05, 0) is 25.3 Å². The van der Waals surface area contributed by atoms with Crippen molar-refractivity contribution in [1.82, 2.24) is 9.55 Å². The average molecular weight is 537 g/mol. The zero-order valence-corrected chi connectivity index (χ0v) is 20.1. The van der Waals surface area contributed by atoms with Gasteiger partial charge in [0, 0.05) is 17.6 Å². The van der Waals surface area contributed by atoms with E-state index in [1.807, 2.05) is 6.07 Å². The molecule has 1 saturated carbocycles. The number of nitrogens with zero attached hydrogens (tertiary/aromatic N) is 3. The van der Waals surface area contributed by atoms with E-state index in [-0.39, 0.29) is 22.4 Å². The fraction of sp³-hybridized carbons (Fsp3) is 0.556. The molecule has 2 aromatic heterocycles. The van der Waals surface area contributed by atoms with Crippen LogP contribution in [0.4, 0.5) is 5.69 Å². The summed E-state index contributed by atoms with van der Waals surface area (Å²) in [5.74, 6) is -1.39. The van der Waals surface area contributed by atoms with E-state index in [0.717, 1.165) is 19.3 Å². The Morgan fingerprint density at radius 2 is 2.00 bits per heavy atom. The maximum absolute atomic E-state index is 11.9. The summed E-state index contributed by atoms with van der Waals surface area (Å²) in [4.78, 5) is 31.7. The van der Waals surface area contributed by atoms with Gasteiger partial charge in [0.05, 0.1) is 12.3 Å². The maximum atomic E-state index is 11.9. The predicted molar refractivity (Wildman–Crippen MR) is 119 cm³/mol. The molecule has 2 aromatic rings. The number of fused-ring (bicyclic) bond motifs is 1. The van der Waals surface area contributed by atoms with Gasteiger partial charge in [0.15, 0.2) is 17.3 Å². The highest BCUT2D eigenvalue weighted by atomic mass is 35.5. The van der Waals surface area contributed by atoms with Crippen molar-refractivity contribution in [1.29, 1.82) is 5.26 Å². The van der Waals surface area contributed by atoms with E-state index in [1.165, 1.54) is 10.8 Å². The molecule has 1 aliphatic heterocycles. The Kier molecular flexibility index (Phi) is 7.12. The highest BCUT2D eigenvalue weighted by Crippen LogP contribution is 2.55. The molecule has 4 rings (SSSR count). The van der Waals surface area contributed by atoms with Crippen LogP contribution in [0.15, 0.2) is 12.3 Å². The summed E-state index contributed by atoms with van der Waals surface area (Å²) in [5.41, 5.74) is 0.965. The monoisotopic (exact) mass is 536 g/mol. The van der Waals surface area contributed by atoms with Crippen molar-refractivity contribution in [2.45, 2.75) is 49.8 Å². The highest BCUT2D eigenvalue weighted by molar-refractivity contribution is 7.70. The van der Waals surface area contributed by atoms with Gasteiger partial charge < -0.3 is 44.0 Å². The average Bonchev–Trinajstić information content (AvgIpc) is 3.22. The molecular weight excluding hydrogens is 514 g/mol. The first-order chi connectivity index (χ1) is 15.9. The van der Waals surface area contributed by atoms with Gasteiger partial charge >= 0.3 is 15.2 Å². The van der Waals surface area contributed by atoms with Crippen LogP contribution in [0.2, 0.25) is 5.15 Å². The number of hydrogen-bond acceptors (Lipinski definition) is 9. The summed E-state index contributed by atoms with van der Waals surface area (Å²) >= 11 is 6.25. The molecule has 0 amide bonds. The van der Waals surface area contributed by atoms with Gasteiger partial charge in [-0.15, -0.1) is 0 Å². The minimum atomic E-state index is -4.82. The van der Waals surface area contributed by atoms with Crippen molar-refractivity contribution in [3.05, 3.63) is 23.0 Å². The first-order valence-electron chi connectivity index (χ1n) is 10.3. The topological polar surface area (TPSA) is 207 Å². The van der Waals surface area contributed by atoms with Crippen LogP contribution in [0.5, 0.6) is 0 Å². The summed E-state index contributed by atoms with van der Waals surface area (Å²) < 4.78 is 34.7. The number of anilines is 1. The van der Waals surface area contributed by atoms with E-state index >= 15 is 0 Å². The first kappa shape index (κ1) is 25.5. The molecule has 0 aromatic carbocycles. The van der Waals surface area contributed by atoms with E-state index in [4.69, 9.17) is 30.6 Å². The lowest BCUT2D eigenvalue weighted by Crippen LogP contribution is -2.33. The van der Waals surface area contributed by atoms with E-state index in [1.54, 1.807) is 6.07 Å². The molecule has 3 heterocycles. The fourth-order valence-corrected chi connectivity index (χ4v) is 6.70. The van der Waals surface area contributed by atoms with Gasteiger partial charge in [0.25, 0.3) is 0 Å². The summed E-state index contributed by atoms with van der Waals surface area (Å²) in [5, 5.41) is 34.3. The number of aliphatic hydroxyl groups excluding tert-OH is 2. The van der Waals surface area contributed by atoms with E-state index < -0.39 is 52.2 Å². The van der Waals surface area contributed by atoms with Crippen molar-refractivity contribution >= 4 is 43.5 Å². The number of ether oxygens (including phenoxy) is 1.